The fraction of sp³-hybridized carbons (Fsp3) is 0.500. The minimum atomic E-state index is 0.0469. The molecule has 0 unspecified atom stereocenters. The lowest BCUT2D eigenvalue weighted by atomic mass is 9.89. The van der Waals surface area contributed by atoms with Crippen LogP contribution in [0.25, 0.3) is 6.08 Å². The third-order valence-electron chi connectivity index (χ3n) is 3.46. The van der Waals surface area contributed by atoms with Gasteiger partial charge >= 0.3 is 0 Å². The zero-order valence-electron chi connectivity index (χ0n) is 12.1. The first kappa shape index (κ1) is 13.0. The molecule has 2 heterocycles. The van der Waals surface area contributed by atoms with Gasteiger partial charge < -0.3 is 9.72 Å². The molecule has 0 aromatic carbocycles. The lowest BCUT2D eigenvalue weighted by Gasteiger charge is -2.15. The van der Waals surface area contributed by atoms with Crippen molar-refractivity contribution in [1.82, 2.24) is 4.98 Å². The Labute approximate surface area is 110 Å². The van der Waals surface area contributed by atoms with Crippen LogP contribution < -0.4 is 0 Å². The highest BCUT2D eigenvalue weighted by Crippen LogP contribution is 2.42. The summed E-state index contributed by atoms with van der Waals surface area (Å²) in [6, 6.07) is 4.24. The number of hydrogen-bond donors (Lipinski definition) is 1. The maximum Gasteiger partial charge on any atom is 0.107 e. The second-order valence-electron chi connectivity index (χ2n) is 6.77. The molecule has 0 aliphatic carbocycles. The summed E-state index contributed by atoms with van der Waals surface area (Å²) in [6.45, 7) is 14.9. The van der Waals surface area contributed by atoms with Gasteiger partial charge in [-0.1, -0.05) is 41.2 Å². The van der Waals surface area contributed by atoms with Gasteiger partial charge in [0.1, 0.15) is 11.5 Å². The summed E-state index contributed by atoms with van der Waals surface area (Å²) in [6.07, 6.45) is 2.99. The van der Waals surface area contributed by atoms with Crippen molar-refractivity contribution < 1.29 is 4.74 Å². The third kappa shape index (κ3) is 2.53. The first-order valence-corrected chi connectivity index (χ1v) is 6.46. The zero-order valence-corrected chi connectivity index (χ0v) is 12.1. The normalized spacial score (nSPS) is 21.4. The summed E-state index contributed by atoms with van der Waals surface area (Å²) in [7, 11) is 0. The van der Waals surface area contributed by atoms with E-state index in [-0.39, 0.29) is 10.8 Å². The summed E-state index contributed by atoms with van der Waals surface area (Å²) >= 11 is 0. The van der Waals surface area contributed by atoms with Gasteiger partial charge in [0.05, 0.1) is 0 Å². The van der Waals surface area contributed by atoms with E-state index in [2.05, 4.69) is 64.4 Å². The molecular weight excluding hydrogens is 222 g/mol. The Morgan fingerprint density at radius 1 is 1.33 bits per heavy atom. The Balaban J connectivity index is 2.20. The predicted molar refractivity (Wildman–Crippen MR) is 76.1 cm³/mol. The molecule has 1 fully saturated rings. The first-order chi connectivity index (χ1) is 8.18. The van der Waals surface area contributed by atoms with E-state index < -0.39 is 0 Å². The molecule has 0 bridgehead atoms. The van der Waals surface area contributed by atoms with Crippen LogP contribution in [0.5, 0.6) is 0 Å². The highest BCUT2D eigenvalue weighted by atomic mass is 16.5. The second kappa shape index (κ2) is 4.04. The monoisotopic (exact) mass is 245 g/mol. The molecule has 2 heteroatoms. The number of H-pyrrole nitrogens is 1. The molecule has 18 heavy (non-hydrogen) atoms. The van der Waals surface area contributed by atoms with Crippen molar-refractivity contribution in [2.75, 3.05) is 0 Å². The number of rotatable bonds is 1. The molecule has 1 aromatic rings. The van der Waals surface area contributed by atoms with E-state index >= 15 is 0 Å². The molecule has 98 valence electrons. The van der Waals surface area contributed by atoms with Crippen LogP contribution in [0.4, 0.5) is 0 Å². The van der Waals surface area contributed by atoms with Crippen molar-refractivity contribution >= 4 is 6.08 Å². The van der Waals surface area contributed by atoms with Gasteiger partial charge in [0.2, 0.25) is 0 Å². The Kier molecular flexibility index (Phi) is 2.92. The third-order valence-corrected chi connectivity index (χ3v) is 3.46. The van der Waals surface area contributed by atoms with E-state index in [1.54, 1.807) is 0 Å². The van der Waals surface area contributed by atoms with Crippen molar-refractivity contribution in [3.63, 3.8) is 0 Å². The van der Waals surface area contributed by atoms with Gasteiger partial charge in [0, 0.05) is 28.6 Å². The largest absolute Gasteiger partial charge is 0.466 e. The summed E-state index contributed by atoms with van der Waals surface area (Å²) < 4.78 is 5.72. The fourth-order valence-electron chi connectivity index (χ4n) is 2.05. The van der Waals surface area contributed by atoms with E-state index in [4.69, 9.17) is 4.74 Å². The standard InChI is InChI=1S/C16H23NO/c1-11-16(5,6)10-13(18-11)9-12-7-8-14(17-12)15(2,3)4/h7-9,17H,1,10H2,2-6H3/b13-9+. The van der Waals surface area contributed by atoms with Gasteiger partial charge in [-0.05, 0) is 18.2 Å². The number of allylic oxidation sites excluding steroid dienone is 2. The van der Waals surface area contributed by atoms with Crippen LogP contribution >= 0.6 is 0 Å². The van der Waals surface area contributed by atoms with Crippen LogP contribution in [-0.4, -0.2) is 4.98 Å². The smallest absolute Gasteiger partial charge is 0.107 e. The Bertz CT molecular complexity index is 497. The molecule has 0 atom stereocenters. The van der Waals surface area contributed by atoms with E-state index in [1.165, 1.54) is 5.69 Å². The number of nitrogens with one attached hydrogen (secondary N) is 1. The number of aromatic nitrogens is 1. The Morgan fingerprint density at radius 3 is 2.44 bits per heavy atom. The zero-order chi connectivity index (χ0) is 13.6. The molecule has 1 saturated heterocycles. The van der Waals surface area contributed by atoms with Gasteiger partial charge in [-0.15, -0.1) is 0 Å². The SMILES string of the molecule is C=C1O/C(=C/c2ccc(C(C)(C)C)[nH]2)CC1(C)C. The van der Waals surface area contributed by atoms with Crippen LogP contribution in [0, 0.1) is 5.41 Å². The van der Waals surface area contributed by atoms with Crippen molar-refractivity contribution in [3.8, 4) is 0 Å². The van der Waals surface area contributed by atoms with E-state index in [1.807, 2.05) is 0 Å². The van der Waals surface area contributed by atoms with E-state index in [0.717, 1.165) is 23.6 Å². The minimum Gasteiger partial charge on any atom is -0.466 e. The highest BCUT2D eigenvalue weighted by Gasteiger charge is 2.33. The quantitative estimate of drug-likeness (QED) is 0.767. The molecule has 1 aliphatic rings. The van der Waals surface area contributed by atoms with Gasteiger partial charge in [-0.2, -0.15) is 0 Å². The number of ether oxygens (including phenoxy) is 1. The van der Waals surface area contributed by atoms with Gasteiger partial charge in [-0.25, -0.2) is 0 Å². The summed E-state index contributed by atoms with van der Waals surface area (Å²) in [5.41, 5.74) is 2.53. The molecule has 1 aromatic heterocycles. The molecule has 0 radical (unpaired) electrons. The van der Waals surface area contributed by atoms with Crippen molar-refractivity contribution in [2.24, 2.45) is 5.41 Å². The summed E-state index contributed by atoms with van der Waals surface area (Å²) in [4.78, 5) is 3.44. The maximum absolute atomic E-state index is 5.72. The highest BCUT2D eigenvalue weighted by molar-refractivity contribution is 5.50. The molecule has 1 aliphatic heterocycles. The summed E-state index contributed by atoms with van der Waals surface area (Å²) in [5, 5.41) is 0. The predicted octanol–water partition coefficient (Wildman–Crippen LogP) is 4.61. The minimum absolute atomic E-state index is 0.0469. The molecule has 2 rings (SSSR count). The molecular formula is C16H23NO. The van der Waals surface area contributed by atoms with Crippen LogP contribution in [0.1, 0.15) is 52.4 Å². The maximum atomic E-state index is 5.72. The second-order valence-corrected chi connectivity index (χ2v) is 6.77. The average molecular weight is 245 g/mol. The average Bonchev–Trinajstić information content (AvgIpc) is 2.72. The van der Waals surface area contributed by atoms with Crippen molar-refractivity contribution in [3.05, 3.63) is 41.6 Å². The Hall–Kier alpha value is -1.44. The number of hydrogen-bond acceptors (Lipinski definition) is 1. The van der Waals surface area contributed by atoms with Crippen LogP contribution in [0.3, 0.4) is 0 Å². The van der Waals surface area contributed by atoms with Crippen LogP contribution in [-0.2, 0) is 10.2 Å². The van der Waals surface area contributed by atoms with Gasteiger partial charge in [0.15, 0.2) is 0 Å². The Morgan fingerprint density at radius 2 is 2.00 bits per heavy atom. The van der Waals surface area contributed by atoms with Crippen LogP contribution in [0.15, 0.2) is 30.2 Å². The molecule has 2 nitrogen and oxygen atoms in total. The molecule has 0 saturated carbocycles. The van der Waals surface area contributed by atoms with Crippen LogP contribution in [0.2, 0.25) is 0 Å². The summed E-state index contributed by atoms with van der Waals surface area (Å²) in [5.74, 6) is 1.85. The lowest BCUT2D eigenvalue weighted by molar-refractivity contribution is 0.308. The fourth-order valence-corrected chi connectivity index (χ4v) is 2.05. The first-order valence-electron chi connectivity index (χ1n) is 6.46. The van der Waals surface area contributed by atoms with Crippen molar-refractivity contribution in [1.29, 1.82) is 0 Å². The molecule has 0 amide bonds. The topological polar surface area (TPSA) is 25.0 Å². The van der Waals surface area contributed by atoms with Gasteiger partial charge in [-0.3, -0.25) is 0 Å². The van der Waals surface area contributed by atoms with E-state index in [0.29, 0.717) is 0 Å². The van der Waals surface area contributed by atoms with Crippen molar-refractivity contribution in [2.45, 2.75) is 46.5 Å². The number of aromatic amines is 1. The molecule has 1 N–H and O–H groups in total. The van der Waals surface area contributed by atoms with E-state index in [9.17, 15) is 0 Å². The molecule has 0 spiro atoms. The lowest BCUT2D eigenvalue weighted by Crippen LogP contribution is -2.11. The van der Waals surface area contributed by atoms with Gasteiger partial charge in [0.25, 0.3) is 0 Å².